The molecule has 1 rings (SSSR count). The first-order valence-electron chi connectivity index (χ1n) is 8.77. The van der Waals surface area contributed by atoms with Crippen LogP contribution >= 0.6 is 0 Å². The number of rotatable bonds is 11. The number of hydrogen-bond donors (Lipinski definition) is 1. The van der Waals surface area contributed by atoms with Crippen LogP contribution in [0.1, 0.15) is 25.3 Å². The molecular weight excluding hydrogens is 318 g/mol. The zero-order chi connectivity index (χ0) is 18.7. The van der Waals surface area contributed by atoms with Crippen LogP contribution in [0.4, 0.5) is 4.79 Å². The minimum atomic E-state index is -0.364. The fourth-order valence-electron chi connectivity index (χ4n) is 2.45. The summed E-state index contributed by atoms with van der Waals surface area (Å²) in [5.74, 6) is 0.605. The molecule has 0 unspecified atom stereocenters. The Balaban J connectivity index is 2.30. The summed E-state index contributed by atoms with van der Waals surface area (Å²) in [6, 6.07) is 7.06. The van der Waals surface area contributed by atoms with Gasteiger partial charge in [-0.1, -0.05) is 12.1 Å². The highest BCUT2D eigenvalue weighted by molar-refractivity contribution is 5.78. The fraction of sp³-hybridized carbons (Fsp3) is 0.579. The highest BCUT2D eigenvalue weighted by Gasteiger charge is 2.11. The summed E-state index contributed by atoms with van der Waals surface area (Å²) in [4.78, 5) is 27.0. The molecule has 6 heteroatoms. The van der Waals surface area contributed by atoms with E-state index in [4.69, 9.17) is 4.74 Å². The van der Waals surface area contributed by atoms with E-state index in [0.29, 0.717) is 18.7 Å². The Hall–Kier alpha value is -1.92. The molecule has 25 heavy (non-hydrogen) atoms. The molecular formula is C19H31N3O3. The van der Waals surface area contributed by atoms with Crippen LogP contribution in [0.3, 0.4) is 0 Å². The molecule has 1 aromatic rings. The van der Waals surface area contributed by atoms with Gasteiger partial charge in [0.1, 0.15) is 11.5 Å². The number of nitrogens with zero attached hydrogens (tertiary/aromatic N) is 2. The van der Waals surface area contributed by atoms with Gasteiger partial charge in [-0.3, -0.25) is 4.79 Å². The number of ether oxygens (including phenoxy) is 1. The van der Waals surface area contributed by atoms with Crippen molar-refractivity contribution >= 4 is 11.9 Å². The molecule has 0 radical (unpaired) electrons. The number of hydrogen-bond acceptors (Lipinski definition) is 5. The monoisotopic (exact) mass is 349 g/mol. The van der Waals surface area contributed by atoms with Gasteiger partial charge in [-0.15, -0.1) is 0 Å². The number of carbonyl (C=O) groups excluding carboxylic acids is 2. The van der Waals surface area contributed by atoms with Gasteiger partial charge in [0.05, 0.1) is 0 Å². The van der Waals surface area contributed by atoms with Crippen molar-refractivity contribution in [3.63, 3.8) is 0 Å². The molecule has 0 aliphatic rings. The summed E-state index contributed by atoms with van der Waals surface area (Å²) in [6.07, 6.45) is 2.05. The van der Waals surface area contributed by atoms with Crippen molar-refractivity contribution in [3.05, 3.63) is 29.8 Å². The smallest absolute Gasteiger partial charge is 0.410 e. The Morgan fingerprint density at radius 1 is 1.04 bits per heavy atom. The maximum Gasteiger partial charge on any atom is 0.414 e. The highest BCUT2D eigenvalue weighted by atomic mass is 16.6. The van der Waals surface area contributed by atoms with E-state index < -0.39 is 0 Å². The van der Waals surface area contributed by atoms with E-state index in [1.54, 1.807) is 31.0 Å². The Kier molecular flexibility index (Phi) is 9.80. The van der Waals surface area contributed by atoms with E-state index in [9.17, 15) is 9.59 Å². The summed E-state index contributed by atoms with van der Waals surface area (Å²) in [5, 5.41) is 3.14. The van der Waals surface area contributed by atoms with Crippen molar-refractivity contribution in [3.8, 4) is 5.75 Å². The van der Waals surface area contributed by atoms with Crippen molar-refractivity contribution in [1.29, 1.82) is 0 Å². The third-order valence-corrected chi connectivity index (χ3v) is 3.89. The van der Waals surface area contributed by atoms with E-state index in [1.807, 2.05) is 19.2 Å². The van der Waals surface area contributed by atoms with Crippen LogP contribution in [0.2, 0.25) is 0 Å². The molecule has 0 aliphatic carbocycles. The van der Waals surface area contributed by atoms with Crippen molar-refractivity contribution in [2.24, 2.45) is 0 Å². The topological polar surface area (TPSA) is 61.9 Å². The Morgan fingerprint density at radius 2 is 1.68 bits per heavy atom. The predicted molar refractivity (Wildman–Crippen MR) is 100 cm³/mol. The lowest BCUT2D eigenvalue weighted by Crippen LogP contribution is -2.33. The van der Waals surface area contributed by atoms with Gasteiger partial charge in [0.15, 0.2) is 0 Å². The molecule has 0 saturated heterocycles. The zero-order valence-electron chi connectivity index (χ0n) is 15.9. The quantitative estimate of drug-likeness (QED) is 0.621. The summed E-state index contributed by atoms with van der Waals surface area (Å²) in [5.41, 5.74) is 0.918. The SMILES string of the molecule is CNCCCN(C)CCCN(C)C(=O)Oc1ccc(CC(C)=O)cc1. The molecule has 0 heterocycles. The first kappa shape index (κ1) is 21.1. The van der Waals surface area contributed by atoms with Gasteiger partial charge in [-0.25, -0.2) is 4.79 Å². The molecule has 0 saturated carbocycles. The molecule has 0 bridgehead atoms. The fourth-order valence-corrected chi connectivity index (χ4v) is 2.45. The minimum Gasteiger partial charge on any atom is -0.410 e. The molecule has 0 spiro atoms. The van der Waals surface area contributed by atoms with E-state index in [2.05, 4.69) is 17.3 Å². The molecule has 6 nitrogen and oxygen atoms in total. The van der Waals surface area contributed by atoms with Crippen LogP contribution in [0.15, 0.2) is 24.3 Å². The van der Waals surface area contributed by atoms with Crippen LogP contribution in [-0.4, -0.2) is 69.0 Å². The molecule has 1 N–H and O–H groups in total. The van der Waals surface area contributed by atoms with Crippen LogP contribution < -0.4 is 10.1 Å². The Labute approximate surface area is 151 Å². The molecule has 1 amide bonds. The van der Waals surface area contributed by atoms with Crippen LogP contribution in [0, 0.1) is 0 Å². The van der Waals surface area contributed by atoms with E-state index >= 15 is 0 Å². The number of benzene rings is 1. The summed E-state index contributed by atoms with van der Waals surface area (Å²) in [7, 11) is 5.79. The lowest BCUT2D eigenvalue weighted by Gasteiger charge is -2.20. The maximum atomic E-state index is 12.1. The first-order valence-corrected chi connectivity index (χ1v) is 8.77. The van der Waals surface area contributed by atoms with Gasteiger partial charge in [-0.2, -0.15) is 0 Å². The Morgan fingerprint density at radius 3 is 2.28 bits per heavy atom. The number of carbonyl (C=O) groups is 2. The molecule has 0 aliphatic heterocycles. The van der Waals surface area contributed by atoms with Crippen molar-refractivity contribution in [2.75, 3.05) is 47.3 Å². The Bertz CT molecular complexity index is 531. The van der Waals surface area contributed by atoms with E-state index in [-0.39, 0.29) is 11.9 Å². The van der Waals surface area contributed by atoms with Crippen molar-refractivity contribution in [1.82, 2.24) is 15.1 Å². The lowest BCUT2D eigenvalue weighted by atomic mass is 10.1. The van der Waals surface area contributed by atoms with Gasteiger partial charge in [0.2, 0.25) is 0 Å². The van der Waals surface area contributed by atoms with Gasteiger partial charge in [0.25, 0.3) is 0 Å². The maximum absolute atomic E-state index is 12.1. The standard InChI is InChI=1S/C19H31N3O3/c1-16(23)15-17-7-9-18(10-8-17)25-19(24)22(4)14-6-13-21(3)12-5-11-20-2/h7-10,20H,5-6,11-15H2,1-4H3. The zero-order valence-corrected chi connectivity index (χ0v) is 15.9. The lowest BCUT2D eigenvalue weighted by molar-refractivity contribution is -0.116. The third-order valence-electron chi connectivity index (χ3n) is 3.89. The van der Waals surface area contributed by atoms with Crippen LogP contribution in [0.5, 0.6) is 5.75 Å². The summed E-state index contributed by atoms with van der Waals surface area (Å²) >= 11 is 0. The van der Waals surface area contributed by atoms with E-state index in [1.165, 1.54) is 0 Å². The summed E-state index contributed by atoms with van der Waals surface area (Å²) in [6.45, 7) is 5.21. The molecule has 1 aromatic carbocycles. The van der Waals surface area contributed by atoms with Gasteiger partial charge >= 0.3 is 6.09 Å². The van der Waals surface area contributed by atoms with E-state index in [0.717, 1.165) is 38.0 Å². The molecule has 0 aromatic heterocycles. The summed E-state index contributed by atoms with van der Waals surface area (Å²) < 4.78 is 5.35. The second kappa shape index (κ2) is 11.6. The second-order valence-corrected chi connectivity index (χ2v) is 6.43. The number of amides is 1. The number of Topliss-reactive ketones (excluding diaryl/α,β-unsaturated/α-hetero) is 1. The number of ketones is 1. The molecule has 140 valence electrons. The van der Waals surface area contributed by atoms with Gasteiger partial charge < -0.3 is 19.9 Å². The van der Waals surface area contributed by atoms with Crippen molar-refractivity contribution in [2.45, 2.75) is 26.2 Å². The normalized spacial score (nSPS) is 10.8. The third kappa shape index (κ3) is 9.22. The minimum absolute atomic E-state index is 0.111. The first-order chi connectivity index (χ1) is 11.9. The predicted octanol–water partition coefficient (Wildman–Crippen LogP) is 2.18. The van der Waals surface area contributed by atoms with Gasteiger partial charge in [0, 0.05) is 20.0 Å². The average molecular weight is 349 g/mol. The van der Waals surface area contributed by atoms with Crippen LogP contribution in [-0.2, 0) is 11.2 Å². The van der Waals surface area contributed by atoms with Crippen LogP contribution in [0.25, 0.3) is 0 Å². The molecule has 0 fully saturated rings. The van der Waals surface area contributed by atoms with Crippen molar-refractivity contribution < 1.29 is 14.3 Å². The average Bonchev–Trinajstić information content (AvgIpc) is 2.56. The molecule has 0 atom stereocenters. The largest absolute Gasteiger partial charge is 0.414 e. The second-order valence-electron chi connectivity index (χ2n) is 6.43. The highest BCUT2D eigenvalue weighted by Crippen LogP contribution is 2.14. The number of nitrogens with one attached hydrogen (secondary N) is 1. The van der Waals surface area contributed by atoms with Gasteiger partial charge in [-0.05, 0) is 71.2 Å².